The van der Waals surface area contributed by atoms with Gasteiger partial charge in [-0.05, 0) is 66.7 Å². The van der Waals surface area contributed by atoms with Gasteiger partial charge in [0.05, 0.1) is 22.9 Å². The number of hydrogen-bond acceptors (Lipinski definition) is 6. The third-order valence-electron chi connectivity index (χ3n) is 3.96. The highest BCUT2D eigenvalue weighted by molar-refractivity contribution is 7.85. The minimum absolute atomic E-state index is 0.217. The summed E-state index contributed by atoms with van der Waals surface area (Å²) in [5, 5.41) is 15.8. The summed E-state index contributed by atoms with van der Waals surface area (Å²) in [6.45, 7) is 0. The Hall–Kier alpha value is -4.13. The highest BCUT2D eigenvalue weighted by atomic mass is 35.5. The van der Waals surface area contributed by atoms with Crippen molar-refractivity contribution in [3.8, 4) is 17.2 Å². The smallest absolute Gasteiger partial charge is 0.335 e. The summed E-state index contributed by atoms with van der Waals surface area (Å²) in [5.74, 6) is 0.107. The fourth-order valence-electron chi connectivity index (χ4n) is 2.66. The van der Waals surface area contributed by atoms with E-state index in [9.17, 15) is 13.2 Å². The summed E-state index contributed by atoms with van der Waals surface area (Å²) in [7, 11) is -3.67. The fourth-order valence-corrected chi connectivity index (χ4v) is 2.79. The van der Waals surface area contributed by atoms with Crippen molar-refractivity contribution in [2.75, 3.05) is 6.26 Å². The minimum atomic E-state index is -3.67. The number of carboxylic acid groups (broad SMARTS) is 1. The molecule has 7 N–H and O–H groups in total. The number of aromatic carboxylic acids is 1. The Labute approximate surface area is 205 Å². The first-order valence-corrected chi connectivity index (χ1v) is 11.8. The molecule has 0 amide bonds. The summed E-state index contributed by atoms with van der Waals surface area (Å²) in [6, 6.07) is 19.6. The summed E-state index contributed by atoms with van der Waals surface area (Å²) < 4.78 is 33.6. The van der Waals surface area contributed by atoms with Gasteiger partial charge in [0.1, 0.15) is 17.8 Å². The summed E-state index contributed by atoms with van der Waals surface area (Å²) in [6.07, 6.45) is 2.39. The number of fused-ring (bicyclic) bond motifs is 1. The lowest BCUT2D eigenvalue weighted by molar-refractivity contribution is 0.0697. The van der Waals surface area contributed by atoms with Crippen molar-refractivity contribution in [3.05, 3.63) is 83.6 Å². The molecule has 0 saturated carbocycles. The van der Waals surface area contributed by atoms with Gasteiger partial charge in [0, 0.05) is 10.7 Å². The third-order valence-corrected chi connectivity index (χ3v) is 4.21. The van der Waals surface area contributed by atoms with Crippen LogP contribution in [0.5, 0.6) is 11.5 Å². The van der Waals surface area contributed by atoms with Gasteiger partial charge in [-0.3, -0.25) is 14.5 Å². The van der Waals surface area contributed by atoms with Gasteiger partial charge in [-0.15, -0.1) is 0 Å². The van der Waals surface area contributed by atoms with Crippen molar-refractivity contribution < 1.29 is 27.6 Å². The van der Waals surface area contributed by atoms with Crippen LogP contribution >= 0.6 is 11.6 Å². The third kappa shape index (κ3) is 9.33. The molecular weight excluding hydrogens is 498 g/mol. The number of nitrogens with one attached hydrogen (secondary N) is 1. The van der Waals surface area contributed by atoms with E-state index >= 15 is 0 Å². The van der Waals surface area contributed by atoms with Gasteiger partial charge in [-0.1, -0.05) is 11.6 Å². The van der Waals surface area contributed by atoms with Gasteiger partial charge in [0.15, 0.2) is 5.96 Å². The maximum atomic E-state index is 11.1. The van der Waals surface area contributed by atoms with E-state index in [4.69, 9.17) is 31.4 Å². The quantitative estimate of drug-likeness (QED) is 0.152. The molecule has 3 aromatic carbocycles. The molecule has 1 aromatic heterocycles. The number of imidazole rings is 1. The van der Waals surface area contributed by atoms with Gasteiger partial charge < -0.3 is 21.3 Å². The van der Waals surface area contributed by atoms with Gasteiger partial charge in [0.2, 0.25) is 0 Å². The SMILES string of the molecule is CS(=O)(=O)O.N=C(N)N.O=C(O)c1ccc2c(c1)ncn2-c1ccc(Oc2ccc(Cl)cc2)cc1. The Morgan fingerprint density at radius 1 is 1.03 bits per heavy atom. The molecule has 35 heavy (non-hydrogen) atoms. The van der Waals surface area contributed by atoms with E-state index in [2.05, 4.69) is 16.5 Å². The fraction of sp³-hybridized carbons (Fsp3) is 0.0455. The molecule has 0 fully saturated rings. The largest absolute Gasteiger partial charge is 0.478 e. The number of aromatic nitrogens is 2. The van der Waals surface area contributed by atoms with Crippen LogP contribution in [0, 0.1) is 5.41 Å². The molecule has 0 radical (unpaired) electrons. The van der Waals surface area contributed by atoms with Crippen LogP contribution in [0.4, 0.5) is 0 Å². The summed E-state index contributed by atoms with van der Waals surface area (Å²) >= 11 is 5.87. The molecule has 0 aliphatic heterocycles. The van der Waals surface area contributed by atoms with Crippen LogP contribution in [0.1, 0.15) is 10.4 Å². The lowest BCUT2D eigenvalue weighted by Gasteiger charge is -2.08. The Morgan fingerprint density at radius 3 is 2.00 bits per heavy atom. The van der Waals surface area contributed by atoms with Crippen LogP contribution < -0.4 is 16.2 Å². The number of halogens is 1. The molecule has 1 heterocycles. The second-order valence-electron chi connectivity index (χ2n) is 6.86. The number of benzene rings is 3. The summed E-state index contributed by atoms with van der Waals surface area (Å²) in [5.41, 5.74) is 11.5. The predicted octanol–water partition coefficient (Wildman–Crippen LogP) is 3.51. The normalized spacial score (nSPS) is 10.4. The number of nitrogens with two attached hydrogens (primary N) is 2. The first-order valence-electron chi connectivity index (χ1n) is 9.59. The molecular formula is C22H22ClN5O6S. The standard InChI is InChI=1S/C20H13ClN2O3.CH5N3.CH4O3S/c21-14-2-6-16(7-3-14)26-17-8-4-15(5-9-17)23-12-22-18-11-13(20(24)25)1-10-19(18)23;2-1(3)4;1-5(2,3)4/h1-12H,(H,24,25);(H5,2,3,4);1H3,(H,2,3,4). The molecule has 0 aliphatic carbocycles. The first-order chi connectivity index (χ1) is 16.3. The van der Waals surface area contributed by atoms with Gasteiger partial charge in [0.25, 0.3) is 10.1 Å². The monoisotopic (exact) mass is 519 g/mol. The van der Waals surface area contributed by atoms with Crippen molar-refractivity contribution in [1.82, 2.24) is 9.55 Å². The Balaban J connectivity index is 0.000000414. The molecule has 0 saturated heterocycles. The van der Waals surface area contributed by atoms with E-state index in [0.717, 1.165) is 11.2 Å². The van der Waals surface area contributed by atoms with E-state index in [0.29, 0.717) is 28.3 Å². The zero-order valence-corrected chi connectivity index (χ0v) is 19.9. The highest BCUT2D eigenvalue weighted by Gasteiger charge is 2.09. The molecule has 13 heteroatoms. The number of nitrogens with zero attached hydrogens (tertiary/aromatic N) is 2. The Morgan fingerprint density at radius 2 is 1.51 bits per heavy atom. The Kier molecular flexibility index (Phi) is 9.17. The Bertz CT molecular complexity index is 1410. The number of carboxylic acids is 1. The van der Waals surface area contributed by atoms with E-state index in [-0.39, 0.29) is 11.5 Å². The molecule has 0 atom stereocenters. The maximum Gasteiger partial charge on any atom is 0.335 e. The van der Waals surface area contributed by atoms with Crippen LogP contribution in [0.3, 0.4) is 0 Å². The lowest BCUT2D eigenvalue weighted by atomic mass is 10.2. The molecule has 0 aliphatic rings. The maximum absolute atomic E-state index is 11.1. The van der Waals surface area contributed by atoms with E-state index in [1.165, 1.54) is 0 Å². The van der Waals surface area contributed by atoms with Gasteiger partial charge >= 0.3 is 5.97 Å². The van der Waals surface area contributed by atoms with Crippen molar-refractivity contribution in [2.45, 2.75) is 0 Å². The molecule has 0 spiro atoms. The predicted molar refractivity (Wildman–Crippen MR) is 133 cm³/mol. The lowest BCUT2D eigenvalue weighted by Crippen LogP contribution is -2.20. The number of carbonyl (C=O) groups is 1. The molecule has 184 valence electrons. The van der Waals surface area contributed by atoms with Crippen LogP contribution in [0.15, 0.2) is 73.1 Å². The summed E-state index contributed by atoms with van der Waals surface area (Å²) in [4.78, 5) is 15.4. The topological polar surface area (TPSA) is 195 Å². The molecule has 4 rings (SSSR count). The number of guanidine groups is 1. The highest BCUT2D eigenvalue weighted by Crippen LogP contribution is 2.25. The average molecular weight is 520 g/mol. The molecule has 0 unspecified atom stereocenters. The minimum Gasteiger partial charge on any atom is -0.478 e. The van der Waals surface area contributed by atoms with Crippen molar-refractivity contribution in [2.24, 2.45) is 11.5 Å². The zero-order valence-electron chi connectivity index (χ0n) is 18.3. The van der Waals surface area contributed by atoms with Gasteiger partial charge in [-0.25, -0.2) is 9.78 Å². The van der Waals surface area contributed by atoms with Gasteiger partial charge in [-0.2, -0.15) is 8.42 Å². The van der Waals surface area contributed by atoms with Crippen molar-refractivity contribution >= 4 is 44.7 Å². The average Bonchev–Trinajstić information content (AvgIpc) is 3.18. The zero-order chi connectivity index (χ0) is 26.2. The molecule has 0 bridgehead atoms. The molecule has 4 aromatic rings. The van der Waals surface area contributed by atoms with Crippen LogP contribution in [-0.2, 0) is 10.1 Å². The van der Waals surface area contributed by atoms with E-state index in [1.807, 2.05) is 28.8 Å². The number of ether oxygens (including phenoxy) is 1. The number of hydrogen-bond donors (Lipinski definition) is 5. The van der Waals surface area contributed by atoms with E-state index < -0.39 is 16.1 Å². The van der Waals surface area contributed by atoms with Crippen LogP contribution in [0.25, 0.3) is 16.7 Å². The van der Waals surface area contributed by atoms with E-state index in [1.54, 1.807) is 48.8 Å². The van der Waals surface area contributed by atoms with Crippen molar-refractivity contribution in [1.29, 1.82) is 5.41 Å². The van der Waals surface area contributed by atoms with Crippen molar-refractivity contribution in [3.63, 3.8) is 0 Å². The second-order valence-corrected chi connectivity index (χ2v) is 8.76. The number of rotatable bonds is 4. The molecule has 11 nitrogen and oxygen atoms in total. The van der Waals surface area contributed by atoms with Crippen LogP contribution in [0.2, 0.25) is 5.02 Å². The van der Waals surface area contributed by atoms with Crippen LogP contribution in [-0.4, -0.2) is 45.8 Å². The second kappa shape index (κ2) is 11.8. The first kappa shape index (κ1) is 27.1.